The topological polar surface area (TPSA) is 89.1 Å². The minimum Gasteiger partial charge on any atom is -0.381 e. The Labute approximate surface area is 199 Å². The van der Waals surface area contributed by atoms with E-state index in [2.05, 4.69) is 51.1 Å². The summed E-state index contributed by atoms with van der Waals surface area (Å²) < 4.78 is 19.0. The molecule has 5 rings (SSSR count). The second-order valence-electron chi connectivity index (χ2n) is 7.87. The van der Waals surface area contributed by atoms with Crippen LogP contribution in [0, 0.1) is 11.3 Å². The zero-order valence-electron chi connectivity index (χ0n) is 17.0. The molecule has 0 N–H and O–H groups in total. The summed E-state index contributed by atoms with van der Waals surface area (Å²) in [5.74, 6) is 0.892. The third-order valence-electron chi connectivity index (χ3n) is 6.12. The van der Waals surface area contributed by atoms with E-state index in [-0.39, 0.29) is 6.04 Å². The summed E-state index contributed by atoms with van der Waals surface area (Å²) >= 11 is 3.76. The second kappa shape index (κ2) is 8.87. The van der Waals surface area contributed by atoms with E-state index in [0.717, 1.165) is 39.5 Å². The van der Waals surface area contributed by atoms with Gasteiger partial charge in [-0.05, 0) is 71.0 Å². The lowest BCUT2D eigenvalue weighted by Gasteiger charge is -2.36. The van der Waals surface area contributed by atoms with E-state index in [1.54, 1.807) is 6.20 Å². The van der Waals surface area contributed by atoms with E-state index in [0.29, 0.717) is 45.6 Å². The number of aromatic nitrogens is 4. The Hall–Kier alpha value is -1.38. The molecule has 0 aromatic carbocycles. The van der Waals surface area contributed by atoms with Crippen molar-refractivity contribution in [3.05, 3.63) is 23.9 Å². The number of ether oxygens (including phenoxy) is 2. The van der Waals surface area contributed by atoms with Crippen molar-refractivity contribution in [2.45, 2.75) is 31.2 Å². The lowest BCUT2D eigenvalue weighted by atomic mass is 9.75. The number of hydrogen-bond acceptors (Lipinski definition) is 8. The van der Waals surface area contributed by atoms with Gasteiger partial charge >= 0.3 is 0 Å². The molecule has 2 saturated heterocycles. The first kappa shape index (κ1) is 21.5. The molecule has 0 amide bonds. The van der Waals surface area contributed by atoms with Gasteiger partial charge in [-0.2, -0.15) is 14.7 Å². The van der Waals surface area contributed by atoms with Crippen LogP contribution in [0.25, 0.3) is 21.6 Å². The highest BCUT2D eigenvalue weighted by molar-refractivity contribution is 14.2. The molecule has 0 bridgehead atoms. The zero-order chi connectivity index (χ0) is 21.4. The van der Waals surface area contributed by atoms with Crippen LogP contribution < -0.4 is 4.90 Å². The van der Waals surface area contributed by atoms with Crippen LogP contribution in [0.5, 0.6) is 0 Å². The SMILES string of the molecule is C[C@@H]1COCCN1c1cc(C2(C#N)CCOCC2)c2snc(-c3ccnn3PI)c2n1. The number of halogens is 1. The van der Waals surface area contributed by atoms with Gasteiger partial charge in [0.25, 0.3) is 0 Å². The maximum atomic E-state index is 10.3. The largest absolute Gasteiger partial charge is 0.381 e. The highest BCUT2D eigenvalue weighted by atomic mass is 127. The van der Waals surface area contributed by atoms with Crippen LogP contribution in [0.2, 0.25) is 0 Å². The molecule has 0 saturated carbocycles. The molecule has 162 valence electrons. The fourth-order valence-electron chi connectivity index (χ4n) is 4.36. The molecule has 11 heteroatoms. The van der Waals surface area contributed by atoms with Crippen LogP contribution >= 0.6 is 39.9 Å². The van der Waals surface area contributed by atoms with Crippen molar-refractivity contribution in [3.8, 4) is 17.5 Å². The average Bonchev–Trinajstić information content (AvgIpc) is 3.45. The van der Waals surface area contributed by atoms with Gasteiger partial charge in [0.05, 0.1) is 47.5 Å². The van der Waals surface area contributed by atoms with Gasteiger partial charge in [0, 0.05) is 26.0 Å². The zero-order valence-corrected chi connectivity index (χ0v) is 21.0. The molecule has 2 aliphatic heterocycles. The molecule has 8 nitrogen and oxygen atoms in total. The van der Waals surface area contributed by atoms with Gasteiger partial charge in [0.15, 0.2) is 0 Å². The van der Waals surface area contributed by atoms with Gasteiger partial charge < -0.3 is 14.4 Å². The predicted octanol–water partition coefficient (Wildman–Crippen LogP) is 4.14. The Balaban J connectivity index is 1.74. The van der Waals surface area contributed by atoms with Crippen molar-refractivity contribution in [1.29, 1.82) is 5.26 Å². The van der Waals surface area contributed by atoms with Crippen molar-refractivity contribution in [2.75, 3.05) is 37.9 Å². The van der Waals surface area contributed by atoms with Crippen LogP contribution in [0.3, 0.4) is 0 Å². The van der Waals surface area contributed by atoms with E-state index < -0.39 is 5.41 Å². The molecular weight excluding hydrogens is 546 g/mol. The molecular formula is C20H22IN6O2PS. The Morgan fingerprint density at radius 1 is 1.32 bits per heavy atom. The highest BCUT2D eigenvalue weighted by Gasteiger charge is 2.38. The van der Waals surface area contributed by atoms with Crippen molar-refractivity contribution in [1.82, 2.24) is 18.9 Å². The van der Waals surface area contributed by atoms with E-state index >= 15 is 0 Å². The van der Waals surface area contributed by atoms with E-state index in [1.165, 1.54) is 11.5 Å². The molecule has 2 fully saturated rings. The molecule has 2 aliphatic rings. The number of rotatable bonds is 4. The number of morpholine rings is 1. The van der Waals surface area contributed by atoms with E-state index in [1.807, 2.05) is 10.5 Å². The van der Waals surface area contributed by atoms with Crippen molar-refractivity contribution < 1.29 is 9.47 Å². The van der Waals surface area contributed by atoms with Gasteiger partial charge in [-0.3, -0.25) is 0 Å². The molecule has 0 spiro atoms. The van der Waals surface area contributed by atoms with Crippen molar-refractivity contribution in [3.63, 3.8) is 0 Å². The molecule has 0 aliphatic carbocycles. The van der Waals surface area contributed by atoms with Gasteiger partial charge in [0.1, 0.15) is 17.0 Å². The van der Waals surface area contributed by atoms with Crippen LogP contribution in [0.1, 0.15) is 25.3 Å². The third-order valence-corrected chi connectivity index (χ3v) is 8.87. The summed E-state index contributed by atoms with van der Waals surface area (Å²) in [7, 11) is 0. The summed E-state index contributed by atoms with van der Waals surface area (Å²) in [6, 6.07) is 6.97. The lowest BCUT2D eigenvalue weighted by Crippen LogP contribution is -2.44. The fourth-order valence-corrected chi connectivity index (χ4v) is 6.84. The summed E-state index contributed by atoms with van der Waals surface area (Å²) in [5, 5.41) is 14.7. The van der Waals surface area contributed by atoms with Gasteiger partial charge in [-0.25, -0.2) is 9.44 Å². The normalized spacial score (nSPS) is 21.7. The van der Waals surface area contributed by atoms with Crippen LogP contribution in [-0.2, 0) is 14.9 Å². The molecule has 1 unspecified atom stereocenters. The first-order valence-corrected chi connectivity index (χ1v) is 15.1. The van der Waals surface area contributed by atoms with Gasteiger partial charge in [-0.1, -0.05) is 0 Å². The number of fused-ring (bicyclic) bond motifs is 1. The first-order chi connectivity index (χ1) is 15.2. The second-order valence-corrected chi connectivity index (χ2v) is 10.7. The van der Waals surface area contributed by atoms with Gasteiger partial charge in [-0.15, -0.1) is 0 Å². The number of hydrogen-bond donors (Lipinski definition) is 0. The third kappa shape index (κ3) is 3.74. The van der Waals surface area contributed by atoms with Crippen LogP contribution in [0.15, 0.2) is 18.3 Å². The molecule has 3 aromatic rings. The number of nitriles is 1. The fraction of sp³-hybridized carbons (Fsp3) is 0.500. The monoisotopic (exact) mass is 568 g/mol. The van der Waals surface area contributed by atoms with Crippen LogP contribution in [-0.4, -0.2) is 57.9 Å². The predicted molar refractivity (Wildman–Crippen MR) is 131 cm³/mol. The maximum Gasteiger partial charge on any atom is 0.130 e. The van der Waals surface area contributed by atoms with Crippen LogP contribution in [0.4, 0.5) is 5.82 Å². The lowest BCUT2D eigenvalue weighted by molar-refractivity contribution is 0.0679. The van der Waals surface area contributed by atoms with E-state index in [4.69, 9.17) is 18.8 Å². The molecule has 2 atom stereocenters. The maximum absolute atomic E-state index is 10.3. The summed E-state index contributed by atoms with van der Waals surface area (Å²) in [5.41, 5.74) is 3.10. The highest BCUT2D eigenvalue weighted by Crippen LogP contribution is 2.44. The quantitative estimate of drug-likeness (QED) is 0.345. The Bertz CT molecular complexity index is 1140. The molecule has 5 heterocycles. The smallest absolute Gasteiger partial charge is 0.130 e. The standard InChI is InChI=1S/C20H22IN6O2PS/c1-13-11-29-9-6-26(13)16-10-14(20(12-22)3-7-28-8-4-20)19-18(24-16)17(25-31-19)15-2-5-23-27(15)30-21/h2,5,10,13,30H,3-4,6-9,11H2,1H3/t13-/m1/s1. The van der Waals surface area contributed by atoms with Crippen molar-refractivity contribution >= 4 is 56.0 Å². The summed E-state index contributed by atoms with van der Waals surface area (Å²) in [6.07, 6.45) is 3.64. The average molecular weight is 568 g/mol. The van der Waals surface area contributed by atoms with E-state index in [9.17, 15) is 5.26 Å². The first-order valence-electron chi connectivity index (χ1n) is 10.2. The Morgan fingerprint density at radius 3 is 2.90 bits per heavy atom. The Morgan fingerprint density at radius 2 is 2.16 bits per heavy atom. The molecule has 0 radical (unpaired) electrons. The summed E-state index contributed by atoms with van der Waals surface area (Å²) in [4.78, 5) is 7.39. The minimum atomic E-state index is -0.585. The number of pyridine rings is 1. The number of nitrogens with zero attached hydrogens (tertiary/aromatic N) is 6. The van der Waals surface area contributed by atoms with Crippen molar-refractivity contribution in [2.24, 2.45) is 0 Å². The van der Waals surface area contributed by atoms with Gasteiger partial charge in [0.2, 0.25) is 0 Å². The number of anilines is 1. The minimum absolute atomic E-state index is 0.218. The molecule has 31 heavy (non-hydrogen) atoms. The molecule has 3 aromatic heterocycles. The summed E-state index contributed by atoms with van der Waals surface area (Å²) in [6.45, 7) is 5.46. The Kier molecular flexibility index (Phi) is 6.14.